The summed E-state index contributed by atoms with van der Waals surface area (Å²) in [6.07, 6.45) is 3.66. The van der Waals surface area contributed by atoms with Gasteiger partial charge in [0, 0.05) is 21.2 Å². The van der Waals surface area contributed by atoms with Gasteiger partial charge in [0.2, 0.25) is 0 Å². The highest BCUT2D eigenvalue weighted by Gasteiger charge is 2.10. The third-order valence-corrected chi connectivity index (χ3v) is 3.94. The van der Waals surface area contributed by atoms with E-state index in [1.807, 2.05) is 24.5 Å². The first-order valence-electron chi connectivity index (χ1n) is 4.87. The summed E-state index contributed by atoms with van der Waals surface area (Å²) in [6, 6.07) is 8.18. The van der Waals surface area contributed by atoms with Crippen LogP contribution in [0.5, 0.6) is 0 Å². The molecular weight excluding hydrogens is 426 g/mol. The Morgan fingerprint density at radius 2 is 1.25 bits per heavy atom. The molecule has 0 N–H and O–H groups in total. The van der Waals surface area contributed by atoms with E-state index in [2.05, 4.69) is 67.3 Å². The Hall–Kier alpha value is -0.240. The van der Waals surface area contributed by atoms with E-state index in [9.17, 15) is 0 Å². The number of rotatable bonds is 3. The van der Waals surface area contributed by atoms with Crippen molar-refractivity contribution >= 4 is 45.2 Å². The first kappa shape index (κ1) is 12.2. The molecule has 0 aliphatic carbocycles. The fourth-order valence-corrected chi connectivity index (χ4v) is 2.75. The molecule has 2 rings (SSSR count). The molecule has 0 fully saturated rings. The van der Waals surface area contributed by atoms with Crippen molar-refractivity contribution in [2.45, 2.75) is 8.86 Å². The van der Waals surface area contributed by atoms with Crippen LogP contribution in [0.4, 0.5) is 0 Å². The second-order valence-corrected chi connectivity index (χ2v) is 4.82. The molecule has 0 radical (unpaired) electrons. The Morgan fingerprint density at radius 3 is 1.62 bits per heavy atom. The summed E-state index contributed by atoms with van der Waals surface area (Å²) >= 11 is 4.72. The molecule has 4 heteroatoms. The highest BCUT2D eigenvalue weighted by Crippen LogP contribution is 2.25. The van der Waals surface area contributed by atoms with Crippen molar-refractivity contribution in [3.8, 4) is 11.4 Å². The topological polar surface area (TPSA) is 25.8 Å². The van der Waals surface area contributed by atoms with E-state index in [4.69, 9.17) is 0 Å². The first-order chi connectivity index (χ1) is 7.86. The lowest BCUT2D eigenvalue weighted by Crippen LogP contribution is -1.96. The molecule has 2 aromatic heterocycles. The van der Waals surface area contributed by atoms with Crippen molar-refractivity contribution < 1.29 is 0 Å². The van der Waals surface area contributed by atoms with Gasteiger partial charge in [0.25, 0.3) is 0 Å². The molecule has 2 nitrogen and oxygen atoms in total. The molecule has 0 aliphatic rings. The van der Waals surface area contributed by atoms with Crippen molar-refractivity contribution in [1.82, 2.24) is 9.97 Å². The van der Waals surface area contributed by atoms with Crippen LogP contribution in [0, 0.1) is 0 Å². The summed E-state index contributed by atoms with van der Waals surface area (Å²) in [5.74, 6) is 0. The number of pyridine rings is 2. The van der Waals surface area contributed by atoms with E-state index in [-0.39, 0.29) is 0 Å². The summed E-state index contributed by atoms with van der Waals surface area (Å²) in [5.41, 5.74) is 4.52. The zero-order valence-corrected chi connectivity index (χ0v) is 12.8. The van der Waals surface area contributed by atoms with Crippen molar-refractivity contribution in [3.05, 3.63) is 47.8 Å². The quantitative estimate of drug-likeness (QED) is 0.537. The Labute approximate surface area is 122 Å². The highest BCUT2D eigenvalue weighted by molar-refractivity contribution is 14.1. The minimum Gasteiger partial charge on any atom is -0.254 e. The third kappa shape index (κ3) is 2.53. The lowest BCUT2D eigenvalue weighted by atomic mass is 10.1. The molecule has 82 valence electrons. The molecule has 0 unspecified atom stereocenters. The number of aromatic nitrogens is 2. The molecule has 0 bridgehead atoms. The fourth-order valence-electron chi connectivity index (χ4n) is 1.52. The SMILES string of the molecule is ICc1cccnc1-c1ncccc1CI. The maximum Gasteiger partial charge on any atom is 0.0928 e. The van der Waals surface area contributed by atoms with Gasteiger partial charge in [-0.05, 0) is 23.3 Å². The molecule has 0 saturated carbocycles. The van der Waals surface area contributed by atoms with Crippen LogP contribution < -0.4 is 0 Å². The third-order valence-electron chi connectivity index (χ3n) is 2.29. The standard InChI is InChI=1S/C12H10I2N2/c13-7-9-3-1-5-15-11(9)12-10(8-14)4-2-6-16-12/h1-6H,7-8H2. The number of nitrogens with zero attached hydrogens (tertiary/aromatic N) is 2. The van der Waals surface area contributed by atoms with Crippen LogP contribution >= 0.6 is 45.2 Å². The summed E-state index contributed by atoms with van der Waals surface area (Å²) in [6.45, 7) is 0. The van der Waals surface area contributed by atoms with Gasteiger partial charge in [-0.15, -0.1) is 0 Å². The summed E-state index contributed by atoms with van der Waals surface area (Å²) in [4.78, 5) is 8.92. The van der Waals surface area contributed by atoms with E-state index >= 15 is 0 Å². The molecule has 0 aromatic carbocycles. The van der Waals surface area contributed by atoms with Crippen molar-refractivity contribution in [1.29, 1.82) is 0 Å². The molecule has 2 aromatic rings. The van der Waals surface area contributed by atoms with Gasteiger partial charge < -0.3 is 0 Å². The number of hydrogen-bond acceptors (Lipinski definition) is 2. The maximum atomic E-state index is 4.46. The van der Waals surface area contributed by atoms with E-state index in [1.54, 1.807) is 0 Å². The van der Waals surface area contributed by atoms with Gasteiger partial charge in [-0.25, -0.2) is 0 Å². The fraction of sp³-hybridized carbons (Fsp3) is 0.167. The van der Waals surface area contributed by atoms with E-state index in [0.29, 0.717) is 0 Å². The molecule has 0 atom stereocenters. The monoisotopic (exact) mass is 436 g/mol. The average Bonchev–Trinajstić information content (AvgIpc) is 2.38. The van der Waals surface area contributed by atoms with Crippen LogP contribution in [0.15, 0.2) is 36.7 Å². The molecule has 0 saturated heterocycles. The van der Waals surface area contributed by atoms with Crippen LogP contribution in [0.3, 0.4) is 0 Å². The largest absolute Gasteiger partial charge is 0.254 e. The predicted octanol–water partition coefficient (Wildman–Crippen LogP) is 4.01. The lowest BCUT2D eigenvalue weighted by molar-refractivity contribution is 1.18. The zero-order chi connectivity index (χ0) is 11.4. The molecule has 2 heterocycles. The van der Waals surface area contributed by atoms with Gasteiger partial charge in [0.05, 0.1) is 11.4 Å². The van der Waals surface area contributed by atoms with Crippen molar-refractivity contribution in [2.75, 3.05) is 0 Å². The van der Waals surface area contributed by atoms with E-state index in [0.717, 1.165) is 20.2 Å². The van der Waals surface area contributed by atoms with Crippen LogP contribution in [-0.4, -0.2) is 9.97 Å². The second kappa shape index (κ2) is 5.90. The van der Waals surface area contributed by atoms with Gasteiger partial charge in [0.15, 0.2) is 0 Å². The summed E-state index contributed by atoms with van der Waals surface area (Å²) < 4.78 is 1.91. The smallest absolute Gasteiger partial charge is 0.0928 e. The Balaban J connectivity index is 2.58. The average molecular weight is 436 g/mol. The molecular formula is C12H10I2N2. The van der Waals surface area contributed by atoms with Crippen LogP contribution in [0.1, 0.15) is 11.1 Å². The maximum absolute atomic E-state index is 4.46. The molecule has 16 heavy (non-hydrogen) atoms. The van der Waals surface area contributed by atoms with Crippen LogP contribution in [-0.2, 0) is 8.86 Å². The van der Waals surface area contributed by atoms with Gasteiger partial charge in [0.1, 0.15) is 0 Å². The summed E-state index contributed by atoms with van der Waals surface area (Å²) in [7, 11) is 0. The van der Waals surface area contributed by atoms with Crippen molar-refractivity contribution in [2.24, 2.45) is 0 Å². The van der Waals surface area contributed by atoms with Crippen LogP contribution in [0.2, 0.25) is 0 Å². The second-order valence-electron chi connectivity index (χ2n) is 3.29. The molecule has 0 spiro atoms. The van der Waals surface area contributed by atoms with Gasteiger partial charge in [-0.3, -0.25) is 9.97 Å². The van der Waals surface area contributed by atoms with Crippen molar-refractivity contribution in [3.63, 3.8) is 0 Å². The predicted molar refractivity (Wildman–Crippen MR) is 82.9 cm³/mol. The molecule has 0 amide bonds. The Morgan fingerprint density at radius 1 is 0.812 bits per heavy atom. The lowest BCUT2D eigenvalue weighted by Gasteiger charge is -2.08. The van der Waals surface area contributed by atoms with Gasteiger partial charge >= 0.3 is 0 Å². The normalized spacial score (nSPS) is 10.4. The Bertz CT molecular complexity index is 440. The number of alkyl halides is 2. The Kier molecular flexibility index (Phi) is 4.51. The van der Waals surface area contributed by atoms with Gasteiger partial charge in [-0.1, -0.05) is 57.3 Å². The number of halogens is 2. The van der Waals surface area contributed by atoms with E-state index in [1.165, 1.54) is 11.1 Å². The minimum atomic E-state index is 0.957. The highest BCUT2D eigenvalue weighted by atomic mass is 127. The number of hydrogen-bond donors (Lipinski definition) is 0. The molecule has 0 aliphatic heterocycles. The van der Waals surface area contributed by atoms with Crippen LogP contribution in [0.25, 0.3) is 11.4 Å². The van der Waals surface area contributed by atoms with Gasteiger partial charge in [-0.2, -0.15) is 0 Å². The first-order valence-corrected chi connectivity index (χ1v) is 7.92. The summed E-state index contributed by atoms with van der Waals surface area (Å²) in [5, 5.41) is 0. The minimum absolute atomic E-state index is 0.957. The van der Waals surface area contributed by atoms with E-state index < -0.39 is 0 Å². The zero-order valence-electron chi connectivity index (χ0n) is 8.53.